The number of nitrogens with one attached hydrogen (secondary N) is 1. The SMILES string of the molecule is CC(C)n1ncnc1CNCCC1CCCCC1. The first-order valence-electron chi connectivity index (χ1n) is 7.36. The molecule has 1 heterocycles. The van der Waals surface area contributed by atoms with E-state index in [1.54, 1.807) is 6.33 Å². The standard InChI is InChI=1S/C14H26N4/c1-12(2)18-14(16-11-17-18)10-15-9-8-13-6-4-3-5-7-13/h11-13,15H,3-10H2,1-2H3. The van der Waals surface area contributed by atoms with E-state index < -0.39 is 0 Å². The minimum absolute atomic E-state index is 0.391. The highest BCUT2D eigenvalue weighted by Gasteiger charge is 2.13. The predicted molar refractivity (Wildman–Crippen MR) is 73.3 cm³/mol. The Labute approximate surface area is 110 Å². The van der Waals surface area contributed by atoms with Crippen LogP contribution in [0.3, 0.4) is 0 Å². The molecular weight excluding hydrogens is 224 g/mol. The molecule has 0 aliphatic heterocycles. The molecule has 0 aromatic carbocycles. The summed E-state index contributed by atoms with van der Waals surface area (Å²) in [6.45, 7) is 6.22. The first-order valence-corrected chi connectivity index (χ1v) is 7.36. The molecule has 0 bridgehead atoms. The topological polar surface area (TPSA) is 42.7 Å². The van der Waals surface area contributed by atoms with E-state index in [0.717, 1.165) is 24.8 Å². The third-order valence-corrected chi connectivity index (χ3v) is 3.87. The first kappa shape index (κ1) is 13.5. The summed E-state index contributed by atoms with van der Waals surface area (Å²) in [5, 5.41) is 7.76. The largest absolute Gasteiger partial charge is 0.310 e. The predicted octanol–water partition coefficient (Wildman–Crippen LogP) is 2.92. The molecule has 1 aromatic heterocycles. The van der Waals surface area contributed by atoms with E-state index in [4.69, 9.17) is 0 Å². The Balaban J connectivity index is 1.66. The summed E-state index contributed by atoms with van der Waals surface area (Å²) in [7, 11) is 0. The van der Waals surface area contributed by atoms with Gasteiger partial charge in [0.25, 0.3) is 0 Å². The van der Waals surface area contributed by atoms with Gasteiger partial charge < -0.3 is 5.32 Å². The van der Waals surface area contributed by atoms with E-state index >= 15 is 0 Å². The molecule has 1 saturated carbocycles. The van der Waals surface area contributed by atoms with Crippen molar-refractivity contribution >= 4 is 0 Å². The van der Waals surface area contributed by atoms with E-state index in [9.17, 15) is 0 Å². The molecular formula is C14H26N4. The zero-order valence-electron chi connectivity index (χ0n) is 11.7. The van der Waals surface area contributed by atoms with Crippen LogP contribution in [0.4, 0.5) is 0 Å². The molecule has 1 aromatic rings. The Bertz CT molecular complexity index is 339. The summed E-state index contributed by atoms with van der Waals surface area (Å²) < 4.78 is 1.99. The van der Waals surface area contributed by atoms with Crippen molar-refractivity contribution < 1.29 is 0 Å². The summed E-state index contributed by atoms with van der Waals surface area (Å²) in [6, 6.07) is 0.391. The first-order chi connectivity index (χ1) is 8.77. The Morgan fingerprint density at radius 3 is 2.83 bits per heavy atom. The molecule has 0 atom stereocenters. The summed E-state index contributed by atoms with van der Waals surface area (Å²) in [5.41, 5.74) is 0. The lowest BCUT2D eigenvalue weighted by Gasteiger charge is -2.21. The minimum atomic E-state index is 0.391. The minimum Gasteiger partial charge on any atom is -0.310 e. The normalized spacial score (nSPS) is 17.5. The molecule has 18 heavy (non-hydrogen) atoms. The average molecular weight is 250 g/mol. The van der Waals surface area contributed by atoms with Crippen LogP contribution in [0.25, 0.3) is 0 Å². The fraction of sp³-hybridized carbons (Fsp3) is 0.857. The number of rotatable bonds is 6. The van der Waals surface area contributed by atoms with Crippen LogP contribution >= 0.6 is 0 Å². The highest BCUT2D eigenvalue weighted by atomic mass is 15.3. The van der Waals surface area contributed by atoms with Crippen molar-refractivity contribution in [3.05, 3.63) is 12.2 Å². The molecule has 4 nitrogen and oxygen atoms in total. The molecule has 102 valence electrons. The zero-order valence-corrected chi connectivity index (χ0v) is 11.7. The second kappa shape index (κ2) is 6.88. The van der Waals surface area contributed by atoms with E-state index in [1.807, 2.05) is 4.68 Å². The fourth-order valence-electron chi connectivity index (χ4n) is 2.81. The summed E-state index contributed by atoms with van der Waals surface area (Å²) in [5.74, 6) is 2.00. The molecule has 1 aliphatic carbocycles. The lowest BCUT2D eigenvalue weighted by molar-refractivity contribution is 0.332. The van der Waals surface area contributed by atoms with Gasteiger partial charge in [0.15, 0.2) is 0 Å². The van der Waals surface area contributed by atoms with Crippen LogP contribution in [0.15, 0.2) is 6.33 Å². The molecule has 4 heteroatoms. The van der Waals surface area contributed by atoms with Crippen molar-refractivity contribution in [2.24, 2.45) is 5.92 Å². The zero-order chi connectivity index (χ0) is 12.8. The third-order valence-electron chi connectivity index (χ3n) is 3.87. The van der Waals surface area contributed by atoms with Gasteiger partial charge >= 0.3 is 0 Å². The molecule has 0 amide bonds. The van der Waals surface area contributed by atoms with Crippen LogP contribution in [0.5, 0.6) is 0 Å². The van der Waals surface area contributed by atoms with Crippen molar-refractivity contribution in [1.29, 1.82) is 0 Å². The number of aromatic nitrogens is 3. The van der Waals surface area contributed by atoms with Crippen LogP contribution in [-0.4, -0.2) is 21.3 Å². The Morgan fingerprint density at radius 1 is 1.33 bits per heavy atom. The van der Waals surface area contributed by atoms with Crippen LogP contribution < -0.4 is 5.32 Å². The highest BCUT2D eigenvalue weighted by Crippen LogP contribution is 2.25. The molecule has 0 radical (unpaired) electrons. The van der Waals surface area contributed by atoms with Gasteiger partial charge in [-0.2, -0.15) is 5.10 Å². The van der Waals surface area contributed by atoms with Gasteiger partial charge in [-0.15, -0.1) is 0 Å². The lowest BCUT2D eigenvalue weighted by atomic mass is 9.87. The summed E-state index contributed by atoms with van der Waals surface area (Å²) >= 11 is 0. The maximum atomic E-state index is 4.31. The molecule has 1 aliphatic rings. The van der Waals surface area contributed by atoms with Crippen LogP contribution in [-0.2, 0) is 6.54 Å². The monoisotopic (exact) mass is 250 g/mol. The fourth-order valence-corrected chi connectivity index (χ4v) is 2.81. The van der Waals surface area contributed by atoms with E-state index in [2.05, 4.69) is 29.2 Å². The van der Waals surface area contributed by atoms with Crippen molar-refractivity contribution in [3.63, 3.8) is 0 Å². The third kappa shape index (κ3) is 3.80. The van der Waals surface area contributed by atoms with Crippen molar-refractivity contribution in [1.82, 2.24) is 20.1 Å². The Kier molecular flexibility index (Phi) is 5.17. The van der Waals surface area contributed by atoms with E-state index in [1.165, 1.54) is 38.5 Å². The maximum Gasteiger partial charge on any atom is 0.141 e. The average Bonchev–Trinajstić information content (AvgIpc) is 2.84. The highest BCUT2D eigenvalue weighted by molar-refractivity contribution is 4.85. The smallest absolute Gasteiger partial charge is 0.141 e. The van der Waals surface area contributed by atoms with Gasteiger partial charge in [-0.25, -0.2) is 9.67 Å². The maximum absolute atomic E-state index is 4.31. The molecule has 0 saturated heterocycles. The lowest BCUT2D eigenvalue weighted by Crippen LogP contribution is -2.22. The summed E-state index contributed by atoms with van der Waals surface area (Å²) in [4.78, 5) is 4.31. The molecule has 1 N–H and O–H groups in total. The van der Waals surface area contributed by atoms with Crippen LogP contribution in [0, 0.1) is 5.92 Å². The Morgan fingerprint density at radius 2 is 2.11 bits per heavy atom. The number of hydrogen-bond donors (Lipinski definition) is 1. The summed E-state index contributed by atoms with van der Waals surface area (Å²) in [6.07, 6.45) is 10.2. The van der Waals surface area contributed by atoms with E-state index in [0.29, 0.717) is 6.04 Å². The van der Waals surface area contributed by atoms with Gasteiger partial charge in [0, 0.05) is 6.04 Å². The van der Waals surface area contributed by atoms with Crippen molar-refractivity contribution in [3.8, 4) is 0 Å². The molecule has 1 fully saturated rings. The van der Waals surface area contributed by atoms with Gasteiger partial charge in [0.2, 0.25) is 0 Å². The van der Waals surface area contributed by atoms with Gasteiger partial charge in [-0.05, 0) is 32.7 Å². The van der Waals surface area contributed by atoms with E-state index in [-0.39, 0.29) is 0 Å². The van der Waals surface area contributed by atoms with Crippen LogP contribution in [0.1, 0.15) is 64.2 Å². The molecule has 2 rings (SSSR count). The number of hydrogen-bond acceptors (Lipinski definition) is 3. The van der Waals surface area contributed by atoms with Gasteiger partial charge in [0.1, 0.15) is 12.2 Å². The number of nitrogens with zero attached hydrogens (tertiary/aromatic N) is 3. The quantitative estimate of drug-likeness (QED) is 0.789. The molecule has 0 unspecified atom stereocenters. The van der Waals surface area contributed by atoms with Gasteiger partial charge in [-0.3, -0.25) is 0 Å². The van der Waals surface area contributed by atoms with Crippen molar-refractivity contribution in [2.75, 3.05) is 6.54 Å². The Hall–Kier alpha value is -0.900. The second-order valence-electron chi connectivity index (χ2n) is 5.68. The molecule has 0 spiro atoms. The van der Waals surface area contributed by atoms with Crippen LogP contribution in [0.2, 0.25) is 0 Å². The van der Waals surface area contributed by atoms with Gasteiger partial charge in [-0.1, -0.05) is 32.1 Å². The second-order valence-corrected chi connectivity index (χ2v) is 5.68. The van der Waals surface area contributed by atoms with Crippen molar-refractivity contribution in [2.45, 2.75) is 65.0 Å². The van der Waals surface area contributed by atoms with Gasteiger partial charge in [0.05, 0.1) is 6.54 Å².